The summed E-state index contributed by atoms with van der Waals surface area (Å²) in [5.41, 5.74) is -0.218. The second-order valence-electron chi connectivity index (χ2n) is 6.51. The Morgan fingerprint density at radius 3 is 2.71 bits per heavy atom. The highest BCUT2D eigenvalue weighted by molar-refractivity contribution is 5.89. The fraction of sp³-hybridized carbons (Fsp3) is 0.929. The predicted octanol–water partition coefficient (Wildman–Crippen LogP) is 1.67. The van der Waals surface area contributed by atoms with E-state index in [1.54, 1.807) is 0 Å². The van der Waals surface area contributed by atoms with Gasteiger partial charge in [0.2, 0.25) is 0 Å². The van der Waals surface area contributed by atoms with Crippen LogP contribution in [0.5, 0.6) is 0 Å². The number of ketones is 1. The molecule has 98 valence electrons. The first-order valence-corrected chi connectivity index (χ1v) is 6.97. The first kappa shape index (κ1) is 13.0. The number of nitrogens with zero attached hydrogens (tertiary/aromatic N) is 1. The van der Waals surface area contributed by atoms with Crippen molar-refractivity contribution in [2.24, 2.45) is 11.3 Å². The van der Waals surface area contributed by atoms with E-state index in [2.05, 4.69) is 17.1 Å². The number of hydrogen-bond donors (Lipinski definition) is 1. The minimum absolute atomic E-state index is 0.151. The SMILES string of the molecule is CCN1CC2NCCCC2C1C(=O)C(C)(C)C. The Bertz CT molecular complexity index is 295. The molecule has 2 aliphatic heterocycles. The number of carbonyl (C=O) groups excluding carboxylic acids is 1. The van der Waals surface area contributed by atoms with Gasteiger partial charge in [0.05, 0.1) is 6.04 Å². The lowest BCUT2D eigenvalue weighted by atomic mass is 9.78. The van der Waals surface area contributed by atoms with Crippen LogP contribution in [0.15, 0.2) is 0 Å². The Kier molecular flexibility index (Phi) is 3.60. The highest BCUT2D eigenvalue weighted by atomic mass is 16.1. The zero-order chi connectivity index (χ0) is 12.6. The number of carbonyl (C=O) groups is 1. The molecular formula is C14H26N2O. The van der Waals surface area contributed by atoms with Crippen molar-refractivity contribution in [1.82, 2.24) is 10.2 Å². The maximum Gasteiger partial charge on any atom is 0.155 e. The average Bonchev–Trinajstić information content (AvgIpc) is 2.64. The molecule has 3 heteroatoms. The zero-order valence-corrected chi connectivity index (χ0v) is 11.6. The maximum atomic E-state index is 12.6. The second-order valence-corrected chi connectivity index (χ2v) is 6.51. The van der Waals surface area contributed by atoms with Crippen LogP contribution in [-0.2, 0) is 4.79 Å². The molecule has 2 heterocycles. The lowest BCUT2D eigenvalue weighted by molar-refractivity contribution is -0.132. The van der Waals surface area contributed by atoms with Gasteiger partial charge < -0.3 is 5.32 Å². The van der Waals surface area contributed by atoms with E-state index in [-0.39, 0.29) is 11.5 Å². The highest BCUT2D eigenvalue weighted by Crippen LogP contribution is 2.35. The number of nitrogens with one attached hydrogen (secondary N) is 1. The quantitative estimate of drug-likeness (QED) is 0.794. The third-order valence-corrected chi connectivity index (χ3v) is 4.28. The van der Waals surface area contributed by atoms with E-state index in [0.29, 0.717) is 17.7 Å². The average molecular weight is 238 g/mol. The fourth-order valence-corrected chi connectivity index (χ4v) is 3.32. The van der Waals surface area contributed by atoms with E-state index in [4.69, 9.17) is 0 Å². The normalized spacial score (nSPS) is 34.7. The molecule has 0 aromatic carbocycles. The molecular weight excluding hydrogens is 212 g/mol. The predicted molar refractivity (Wildman–Crippen MR) is 70.0 cm³/mol. The molecule has 3 atom stereocenters. The standard InChI is InChI=1S/C14H26N2O/c1-5-16-9-11-10(7-6-8-15-11)12(16)13(17)14(2,3)4/h10-12,15H,5-9H2,1-4H3. The molecule has 0 aliphatic carbocycles. The van der Waals surface area contributed by atoms with Gasteiger partial charge in [-0.2, -0.15) is 0 Å². The lowest BCUT2D eigenvalue weighted by Gasteiger charge is -2.33. The Morgan fingerprint density at radius 1 is 1.41 bits per heavy atom. The molecule has 2 aliphatic rings. The Labute approximate surface area is 105 Å². The monoisotopic (exact) mass is 238 g/mol. The summed E-state index contributed by atoms with van der Waals surface area (Å²) < 4.78 is 0. The van der Waals surface area contributed by atoms with Gasteiger partial charge in [-0.3, -0.25) is 9.69 Å². The maximum absolute atomic E-state index is 12.6. The minimum Gasteiger partial charge on any atom is -0.312 e. The van der Waals surface area contributed by atoms with Gasteiger partial charge in [-0.05, 0) is 31.8 Å². The molecule has 3 unspecified atom stereocenters. The van der Waals surface area contributed by atoms with E-state index >= 15 is 0 Å². The van der Waals surface area contributed by atoms with Crippen LogP contribution >= 0.6 is 0 Å². The van der Waals surface area contributed by atoms with Crippen molar-refractivity contribution in [3.05, 3.63) is 0 Å². The van der Waals surface area contributed by atoms with Crippen LogP contribution in [0.3, 0.4) is 0 Å². The number of likely N-dealkylation sites (N-methyl/N-ethyl adjacent to an activating group) is 1. The molecule has 17 heavy (non-hydrogen) atoms. The molecule has 0 aromatic rings. The van der Waals surface area contributed by atoms with Crippen LogP contribution in [-0.4, -0.2) is 42.4 Å². The number of hydrogen-bond acceptors (Lipinski definition) is 3. The zero-order valence-electron chi connectivity index (χ0n) is 11.6. The van der Waals surface area contributed by atoms with Crippen molar-refractivity contribution in [2.45, 2.75) is 52.6 Å². The van der Waals surface area contributed by atoms with Crippen molar-refractivity contribution >= 4 is 5.78 Å². The summed E-state index contributed by atoms with van der Waals surface area (Å²) in [4.78, 5) is 15.0. The minimum atomic E-state index is -0.218. The van der Waals surface area contributed by atoms with Gasteiger partial charge in [0, 0.05) is 18.0 Å². The number of fused-ring (bicyclic) bond motifs is 1. The Hall–Kier alpha value is -0.410. The van der Waals surface area contributed by atoms with E-state index < -0.39 is 0 Å². The molecule has 0 amide bonds. The molecule has 2 fully saturated rings. The summed E-state index contributed by atoms with van der Waals surface area (Å²) in [7, 11) is 0. The summed E-state index contributed by atoms with van der Waals surface area (Å²) in [6.07, 6.45) is 2.42. The van der Waals surface area contributed by atoms with E-state index in [1.807, 2.05) is 20.8 Å². The van der Waals surface area contributed by atoms with Gasteiger partial charge in [-0.1, -0.05) is 27.7 Å². The second kappa shape index (κ2) is 4.69. The van der Waals surface area contributed by atoms with Crippen LogP contribution in [0.2, 0.25) is 0 Å². The summed E-state index contributed by atoms with van der Waals surface area (Å²) >= 11 is 0. The van der Waals surface area contributed by atoms with Gasteiger partial charge in [0.25, 0.3) is 0 Å². The fourth-order valence-electron chi connectivity index (χ4n) is 3.32. The van der Waals surface area contributed by atoms with E-state index in [9.17, 15) is 4.79 Å². The van der Waals surface area contributed by atoms with Crippen LogP contribution < -0.4 is 5.32 Å². The number of piperidine rings is 1. The Balaban J connectivity index is 2.20. The van der Waals surface area contributed by atoms with Gasteiger partial charge in [0.15, 0.2) is 5.78 Å². The lowest BCUT2D eigenvalue weighted by Crippen LogP contribution is -2.47. The van der Waals surface area contributed by atoms with Crippen LogP contribution in [0.25, 0.3) is 0 Å². The van der Waals surface area contributed by atoms with Crippen molar-refractivity contribution in [2.75, 3.05) is 19.6 Å². The van der Waals surface area contributed by atoms with Crippen molar-refractivity contribution in [1.29, 1.82) is 0 Å². The van der Waals surface area contributed by atoms with Gasteiger partial charge in [0.1, 0.15) is 0 Å². The molecule has 2 rings (SSSR count). The molecule has 1 N–H and O–H groups in total. The Morgan fingerprint density at radius 2 is 2.12 bits per heavy atom. The topological polar surface area (TPSA) is 32.3 Å². The molecule has 0 spiro atoms. The summed E-state index contributed by atoms with van der Waals surface area (Å²) in [5.74, 6) is 0.964. The molecule has 0 saturated carbocycles. The first-order valence-electron chi connectivity index (χ1n) is 6.97. The van der Waals surface area contributed by atoms with E-state index in [1.165, 1.54) is 12.8 Å². The van der Waals surface area contributed by atoms with Crippen molar-refractivity contribution < 1.29 is 4.79 Å². The third-order valence-electron chi connectivity index (χ3n) is 4.28. The molecule has 0 aromatic heterocycles. The molecule has 0 bridgehead atoms. The summed E-state index contributed by atoms with van der Waals surface area (Å²) in [6.45, 7) is 11.5. The summed E-state index contributed by atoms with van der Waals surface area (Å²) in [5, 5.41) is 3.59. The first-order chi connectivity index (χ1) is 7.95. The molecule has 2 saturated heterocycles. The highest BCUT2D eigenvalue weighted by Gasteiger charge is 2.47. The third kappa shape index (κ3) is 2.41. The number of likely N-dealkylation sites (tertiary alicyclic amines) is 1. The van der Waals surface area contributed by atoms with Crippen LogP contribution in [0.1, 0.15) is 40.5 Å². The molecule has 3 nitrogen and oxygen atoms in total. The van der Waals surface area contributed by atoms with Crippen molar-refractivity contribution in [3.8, 4) is 0 Å². The van der Waals surface area contributed by atoms with Crippen molar-refractivity contribution in [3.63, 3.8) is 0 Å². The van der Waals surface area contributed by atoms with Crippen LogP contribution in [0, 0.1) is 11.3 Å². The smallest absolute Gasteiger partial charge is 0.155 e. The molecule has 0 radical (unpaired) electrons. The largest absolute Gasteiger partial charge is 0.312 e. The van der Waals surface area contributed by atoms with Gasteiger partial charge in [-0.15, -0.1) is 0 Å². The van der Waals surface area contributed by atoms with E-state index in [0.717, 1.165) is 19.6 Å². The number of rotatable bonds is 2. The van der Waals surface area contributed by atoms with Crippen LogP contribution in [0.4, 0.5) is 0 Å². The summed E-state index contributed by atoms with van der Waals surface area (Å²) in [6, 6.07) is 0.692. The van der Waals surface area contributed by atoms with Gasteiger partial charge in [-0.25, -0.2) is 0 Å². The number of Topliss-reactive ketones (excluding diaryl/α,β-unsaturated/α-hetero) is 1. The van der Waals surface area contributed by atoms with Gasteiger partial charge >= 0.3 is 0 Å².